The van der Waals surface area contributed by atoms with Crippen LogP contribution in [-0.2, 0) is 6.54 Å². The molecule has 2 aromatic rings. The molecule has 2 aromatic carbocycles. The van der Waals surface area contributed by atoms with Crippen LogP contribution in [0, 0.1) is 0 Å². The number of primary amides is 1. The molecule has 0 saturated heterocycles. The molecule has 2 rings (SSSR count). The molecule has 0 atom stereocenters. The van der Waals surface area contributed by atoms with Gasteiger partial charge in [-0.1, -0.05) is 18.2 Å². The Balaban J connectivity index is 1.94. The van der Waals surface area contributed by atoms with Crippen molar-refractivity contribution in [3.05, 3.63) is 54.1 Å². The van der Waals surface area contributed by atoms with Gasteiger partial charge in [0.1, 0.15) is 5.75 Å². The Hall–Kier alpha value is -2.69. The average molecular weight is 285 g/mol. The molecule has 0 bridgehead atoms. The largest absolute Gasteiger partial charge is 0.494 e. The molecule has 5 heteroatoms. The lowest BCUT2D eigenvalue weighted by atomic mass is 10.2. The number of nitrogens with two attached hydrogens (primary N) is 1. The van der Waals surface area contributed by atoms with Gasteiger partial charge in [0.25, 0.3) is 0 Å². The first-order chi connectivity index (χ1) is 10.2. The molecule has 21 heavy (non-hydrogen) atoms. The van der Waals surface area contributed by atoms with Crippen LogP contribution in [-0.4, -0.2) is 12.6 Å². The predicted molar refractivity (Wildman–Crippen MR) is 84.6 cm³/mol. The summed E-state index contributed by atoms with van der Waals surface area (Å²) < 4.78 is 5.40. The molecule has 0 fully saturated rings. The van der Waals surface area contributed by atoms with E-state index in [9.17, 15) is 4.79 Å². The number of urea groups is 1. The van der Waals surface area contributed by atoms with E-state index in [4.69, 9.17) is 10.5 Å². The summed E-state index contributed by atoms with van der Waals surface area (Å²) in [4.78, 5) is 10.8. The Morgan fingerprint density at radius 3 is 2.52 bits per heavy atom. The van der Waals surface area contributed by atoms with E-state index in [2.05, 4.69) is 10.6 Å². The van der Waals surface area contributed by atoms with Crippen molar-refractivity contribution < 1.29 is 9.53 Å². The zero-order valence-electron chi connectivity index (χ0n) is 11.9. The van der Waals surface area contributed by atoms with Gasteiger partial charge in [0.2, 0.25) is 0 Å². The second-order valence-corrected chi connectivity index (χ2v) is 4.50. The van der Waals surface area contributed by atoms with Gasteiger partial charge in [-0.2, -0.15) is 0 Å². The van der Waals surface area contributed by atoms with Gasteiger partial charge in [-0.3, -0.25) is 0 Å². The Bertz CT molecular complexity index is 597. The lowest BCUT2D eigenvalue weighted by Crippen LogP contribution is -2.19. The number of carbonyl (C=O) groups excluding carboxylic acids is 1. The highest BCUT2D eigenvalue weighted by Crippen LogP contribution is 2.17. The van der Waals surface area contributed by atoms with Crippen molar-refractivity contribution >= 4 is 17.4 Å². The summed E-state index contributed by atoms with van der Waals surface area (Å²) in [5, 5.41) is 5.84. The molecule has 0 aromatic heterocycles. The molecule has 0 spiro atoms. The Labute approximate surface area is 124 Å². The topological polar surface area (TPSA) is 76.4 Å². The standard InChI is InChI=1S/C16H19N3O2/c1-2-21-15-8-6-12(7-9-15)11-18-13-4-3-5-14(10-13)19-16(17)20/h3-10,18H,2,11H2,1H3,(H3,17,19,20). The van der Waals surface area contributed by atoms with E-state index >= 15 is 0 Å². The number of carbonyl (C=O) groups is 1. The number of hydrogen-bond donors (Lipinski definition) is 3. The van der Waals surface area contributed by atoms with E-state index in [1.165, 1.54) is 0 Å². The fraction of sp³-hybridized carbons (Fsp3) is 0.188. The molecule has 0 radical (unpaired) electrons. The second kappa shape index (κ2) is 7.19. The zero-order chi connectivity index (χ0) is 15.1. The lowest BCUT2D eigenvalue weighted by Gasteiger charge is -2.09. The van der Waals surface area contributed by atoms with Gasteiger partial charge >= 0.3 is 6.03 Å². The van der Waals surface area contributed by atoms with Gasteiger partial charge in [0, 0.05) is 17.9 Å². The maximum Gasteiger partial charge on any atom is 0.316 e. The van der Waals surface area contributed by atoms with Crippen LogP contribution >= 0.6 is 0 Å². The molecular formula is C16H19N3O2. The van der Waals surface area contributed by atoms with Crippen molar-refractivity contribution in [2.24, 2.45) is 5.73 Å². The van der Waals surface area contributed by atoms with Crippen LogP contribution in [0.1, 0.15) is 12.5 Å². The van der Waals surface area contributed by atoms with Gasteiger partial charge in [0.15, 0.2) is 0 Å². The van der Waals surface area contributed by atoms with Crippen LogP contribution in [0.25, 0.3) is 0 Å². The number of rotatable bonds is 6. The van der Waals surface area contributed by atoms with Gasteiger partial charge in [-0.15, -0.1) is 0 Å². The Kier molecular flexibility index (Phi) is 5.04. The lowest BCUT2D eigenvalue weighted by molar-refractivity contribution is 0.259. The van der Waals surface area contributed by atoms with Crippen molar-refractivity contribution in [1.29, 1.82) is 0 Å². The van der Waals surface area contributed by atoms with Crippen LogP contribution in [0.3, 0.4) is 0 Å². The number of amides is 2. The molecule has 0 aliphatic heterocycles. The van der Waals surface area contributed by atoms with Crippen LogP contribution in [0.15, 0.2) is 48.5 Å². The van der Waals surface area contributed by atoms with Crippen molar-refractivity contribution in [2.45, 2.75) is 13.5 Å². The monoisotopic (exact) mass is 285 g/mol. The molecule has 0 unspecified atom stereocenters. The Morgan fingerprint density at radius 1 is 1.14 bits per heavy atom. The molecule has 0 aliphatic rings. The third-order valence-electron chi connectivity index (χ3n) is 2.86. The maximum absolute atomic E-state index is 10.8. The minimum absolute atomic E-state index is 0.571. The van der Waals surface area contributed by atoms with Crippen molar-refractivity contribution in [1.82, 2.24) is 0 Å². The van der Waals surface area contributed by atoms with Gasteiger partial charge in [-0.25, -0.2) is 4.79 Å². The summed E-state index contributed by atoms with van der Waals surface area (Å²) in [5.41, 5.74) is 7.82. The van der Waals surface area contributed by atoms with Gasteiger partial charge in [-0.05, 0) is 42.8 Å². The molecule has 2 amide bonds. The van der Waals surface area contributed by atoms with E-state index in [1.54, 1.807) is 6.07 Å². The number of nitrogens with one attached hydrogen (secondary N) is 2. The van der Waals surface area contributed by atoms with Crippen molar-refractivity contribution in [2.75, 3.05) is 17.2 Å². The molecule has 0 aliphatic carbocycles. The summed E-state index contributed by atoms with van der Waals surface area (Å²) in [7, 11) is 0. The molecule has 4 N–H and O–H groups in total. The van der Waals surface area contributed by atoms with Gasteiger partial charge < -0.3 is 21.1 Å². The minimum Gasteiger partial charge on any atom is -0.494 e. The highest BCUT2D eigenvalue weighted by Gasteiger charge is 1.99. The van der Waals surface area contributed by atoms with E-state index in [0.29, 0.717) is 18.8 Å². The smallest absolute Gasteiger partial charge is 0.316 e. The van der Waals surface area contributed by atoms with Crippen LogP contribution in [0.4, 0.5) is 16.2 Å². The third kappa shape index (κ3) is 4.72. The number of ether oxygens (including phenoxy) is 1. The summed E-state index contributed by atoms with van der Waals surface area (Å²) in [5.74, 6) is 0.869. The van der Waals surface area contributed by atoms with Gasteiger partial charge in [0.05, 0.1) is 6.61 Å². The van der Waals surface area contributed by atoms with E-state index < -0.39 is 6.03 Å². The summed E-state index contributed by atoms with van der Waals surface area (Å²) >= 11 is 0. The first-order valence-electron chi connectivity index (χ1n) is 6.79. The van der Waals surface area contributed by atoms with Crippen LogP contribution < -0.4 is 21.1 Å². The first kappa shape index (κ1) is 14.7. The van der Waals surface area contributed by atoms with Crippen LogP contribution in [0.2, 0.25) is 0 Å². The molecule has 5 nitrogen and oxygen atoms in total. The predicted octanol–water partition coefficient (Wildman–Crippen LogP) is 3.19. The molecule has 110 valence electrons. The van der Waals surface area contributed by atoms with E-state index in [-0.39, 0.29) is 0 Å². The normalized spacial score (nSPS) is 9.95. The van der Waals surface area contributed by atoms with E-state index in [0.717, 1.165) is 17.0 Å². The zero-order valence-corrected chi connectivity index (χ0v) is 11.9. The minimum atomic E-state index is -0.571. The number of benzene rings is 2. The maximum atomic E-state index is 10.8. The average Bonchev–Trinajstić information content (AvgIpc) is 2.47. The number of anilines is 2. The first-order valence-corrected chi connectivity index (χ1v) is 6.79. The summed E-state index contributed by atoms with van der Waals surface area (Å²) in [6, 6.07) is 14.8. The highest BCUT2D eigenvalue weighted by atomic mass is 16.5. The third-order valence-corrected chi connectivity index (χ3v) is 2.86. The number of hydrogen-bond acceptors (Lipinski definition) is 3. The van der Waals surface area contributed by atoms with Crippen molar-refractivity contribution in [3.8, 4) is 5.75 Å². The Morgan fingerprint density at radius 2 is 1.86 bits per heavy atom. The highest BCUT2D eigenvalue weighted by molar-refractivity contribution is 5.88. The van der Waals surface area contributed by atoms with E-state index in [1.807, 2.05) is 49.4 Å². The molecule has 0 saturated carbocycles. The second-order valence-electron chi connectivity index (χ2n) is 4.50. The molecule has 0 heterocycles. The fourth-order valence-electron chi connectivity index (χ4n) is 1.92. The molecular weight excluding hydrogens is 266 g/mol. The SMILES string of the molecule is CCOc1ccc(CNc2cccc(NC(N)=O)c2)cc1. The van der Waals surface area contributed by atoms with Crippen LogP contribution in [0.5, 0.6) is 5.75 Å². The van der Waals surface area contributed by atoms with Crippen molar-refractivity contribution in [3.63, 3.8) is 0 Å². The summed E-state index contributed by atoms with van der Waals surface area (Å²) in [6.45, 7) is 3.31. The quantitative estimate of drug-likeness (QED) is 0.763. The fourth-order valence-corrected chi connectivity index (χ4v) is 1.92. The summed E-state index contributed by atoms with van der Waals surface area (Å²) in [6.07, 6.45) is 0.